The van der Waals surface area contributed by atoms with E-state index >= 15 is 0 Å². The number of carboxylic acid groups (broad SMARTS) is 1. The van der Waals surface area contributed by atoms with Gasteiger partial charge in [0, 0.05) is 19.6 Å². The molecule has 5 heteroatoms. The number of carbonyl (C=O) groups excluding carboxylic acids is 1. The largest absolute Gasteiger partial charge is 0.481 e. The average molecular weight is 344 g/mol. The zero-order valence-corrected chi connectivity index (χ0v) is 14.9. The van der Waals surface area contributed by atoms with Crippen molar-refractivity contribution < 1.29 is 14.7 Å². The van der Waals surface area contributed by atoms with Crippen LogP contribution in [0, 0.1) is 17.8 Å². The maximum Gasteiger partial charge on any atom is 0.317 e. The summed E-state index contributed by atoms with van der Waals surface area (Å²) in [5, 5.41) is 12.3. The second-order valence-electron chi connectivity index (χ2n) is 7.55. The molecule has 1 heterocycles. The maximum absolute atomic E-state index is 12.5. The standard InChI is InChI=1S/C20H28N2O3/c1-14-13-22(11-10-17(14)19(23)24)20(25)21-12-16-8-5-9-18(16)15-6-3-2-4-7-15/h2-4,6-7,14,16-18H,5,8-13H2,1H3,(H,21,25)(H,23,24). The lowest BCUT2D eigenvalue weighted by Gasteiger charge is -2.35. The Morgan fingerprint density at radius 1 is 1.20 bits per heavy atom. The average Bonchev–Trinajstić information content (AvgIpc) is 3.08. The Morgan fingerprint density at radius 2 is 1.96 bits per heavy atom. The number of hydrogen-bond acceptors (Lipinski definition) is 2. The van der Waals surface area contributed by atoms with Crippen LogP contribution in [0.15, 0.2) is 30.3 Å². The van der Waals surface area contributed by atoms with Gasteiger partial charge in [0.2, 0.25) is 0 Å². The summed E-state index contributed by atoms with van der Waals surface area (Å²) in [7, 11) is 0. The molecule has 1 saturated carbocycles. The highest BCUT2D eigenvalue weighted by atomic mass is 16.4. The van der Waals surface area contributed by atoms with E-state index < -0.39 is 5.97 Å². The highest BCUT2D eigenvalue weighted by Crippen LogP contribution is 2.39. The fourth-order valence-corrected chi connectivity index (χ4v) is 4.45. The van der Waals surface area contributed by atoms with Crippen molar-refractivity contribution in [1.82, 2.24) is 10.2 Å². The van der Waals surface area contributed by atoms with Crippen molar-refractivity contribution in [2.75, 3.05) is 19.6 Å². The molecule has 1 aromatic rings. The Balaban J connectivity index is 1.51. The number of piperidine rings is 1. The van der Waals surface area contributed by atoms with Crippen LogP contribution in [0.3, 0.4) is 0 Å². The van der Waals surface area contributed by atoms with Crippen LogP contribution in [0.25, 0.3) is 0 Å². The van der Waals surface area contributed by atoms with Gasteiger partial charge in [-0.3, -0.25) is 4.79 Å². The van der Waals surface area contributed by atoms with Gasteiger partial charge in [-0.2, -0.15) is 0 Å². The lowest BCUT2D eigenvalue weighted by atomic mass is 9.87. The van der Waals surface area contributed by atoms with Gasteiger partial charge in [-0.25, -0.2) is 4.79 Å². The summed E-state index contributed by atoms with van der Waals surface area (Å²) in [5.41, 5.74) is 1.37. The molecule has 2 aliphatic rings. The van der Waals surface area contributed by atoms with E-state index in [2.05, 4.69) is 29.6 Å². The Hall–Kier alpha value is -2.04. The zero-order chi connectivity index (χ0) is 17.8. The molecule has 25 heavy (non-hydrogen) atoms. The van der Waals surface area contributed by atoms with Crippen LogP contribution in [-0.4, -0.2) is 41.6 Å². The van der Waals surface area contributed by atoms with Crippen LogP contribution in [0.1, 0.15) is 44.1 Å². The zero-order valence-electron chi connectivity index (χ0n) is 14.9. The first-order valence-electron chi connectivity index (χ1n) is 9.36. The van der Waals surface area contributed by atoms with Gasteiger partial charge in [-0.15, -0.1) is 0 Å². The molecule has 2 amide bonds. The summed E-state index contributed by atoms with van der Waals surface area (Å²) in [6.45, 7) is 3.67. The second-order valence-corrected chi connectivity index (χ2v) is 7.55. The van der Waals surface area contributed by atoms with Crippen LogP contribution >= 0.6 is 0 Å². The number of carboxylic acids is 1. The van der Waals surface area contributed by atoms with E-state index in [0.717, 1.165) is 6.42 Å². The van der Waals surface area contributed by atoms with E-state index in [1.165, 1.54) is 18.4 Å². The lowest BCUT2D eigenvalue weighted by Crippen LogP contribution is -2.49. The minimum absolute atomic E-state index is 0.000507. The van der Waals surface area contributed by atoms with Crippen molar-refractivity contribution in [3.05, 3.63) is 35.9 Å². The second kappa shape index (κ2) is 7.89. The molecule has 0 spiro atoms. The van der Waals surface area contributed by atoms with Gasteiger partial charge in [-0.1, -0.05) is 43.7 Å². The molecule has 2 fully saturated rings. The highest BCUT2D eigenvalue weighted by Gasteiger charge is 2.34. The number of aliphatic carboxylic acids is 1. The van der Waals surface area contributed by atoms with Gasteiger partial charge in [0.1, 0.15) is 0 Å². The molecule has 4 atom stereocenters. The van der Waals surface area contributed by atoms with E-state index in [1.54, 1.807) is 4.90 Å². The van der Waals surface area contributed by atoms with Crippen LogP contribution < -0.4 is 5.32 Å². The molecule has 5 nitrogen and oxygen atoms in total. The summed E-state index contributed by atoms with van der Waals surface area (Å²) in [5.74, 6) is -0.0652. The van der Waals surface area contributed by atoms with Gasteiger partial charge in [0.05, 0.1) is 5.92 Å². The number of rotatable bonds is 4. The maximum atomic E-state index is 12.5. The fraction of sp³-hybridized carbons (Fsp3) is 0.600. The third kappa shape index (κ3) is 4.14. The van der Waals surface area contributed by atoms with Crippen molar-refractivity contribution in [3.63, 3.8) is 0 Å². The summed E-state index contributed by atoms with van der Waals surface area (Å²) in [6, 6.07) is 10.5. The van der Waals surface area contributed by atoms with Gasteiger partial charge in [-0.05, 0) is 42.6 Å². The Labute approximate surface area is 149 Å². The Morgan fingerprint density at radius 3 is 2.64 bits per heavy atom. The molecule has 0 bridgehead atoms. The number of nitrogens with zero attached hydrogens (tertiary/aromatic N) is 1. The number of carbonyl (C=O) groups is 2. The first-order valence-corrected chi connectivity index (χ1v) is 9.36. The smallest absolute Gasteiger partial charge is 0.317 e. The van der Waals surface area contributed by atoms with E-state index in [1.807, 2.05) is 13.0 Å². The van der Waals surface area contributed by atoms with Crippen LogP contribution in [0.4, 0.5) is 4.79 Å². The SMILES string of the molecule is CC1CN(C(=O)NCC2CCCC2c2ccccc2)CCC1C(=O)O. The summed E-state index contributed by atoms with van der Waals surface area (Å²) >= 11 is 0. The number of urea groups is 1. The molecular formula is C20H28N2O3. The molecule has 136 valence electrons. The minimum Gasteiger partial charge on any atom is -0.481 e. The summed E-state index contributed by atoms with van der Waals surface area (Å²) in [6.07, 6.45) is 4.09. The predicted octanol–water partition coefficient (Wildman–Crippen LogP) is 3.32. The van der Waals surface area contributed by atoms with Crippen molar-refractivity contribution in [2.45, 2.75) is 38.5 Å². The van der Waals surface area contributed by atoms with Crippen LogP contribution in [0.5, 0.6) is 0 Å². The molecule has 3 rings (SSSR count). The van der Waals surface area contributed by atoms with Gasteiger partial charge in [0.25, 0.3) is 0 Å². The lowest BCUT2D eigenvalue weighted by molar-refractivity contribution is -0.145. The highest BCUT2D eigenvalue weighted by molar-refractivity contribution is 5.75. The number of hydrogen-bond donors (Lipinski definition) is 2. The van der Waals surface area contributed by atoms with Crippen molar-refractivity contribution in [3.8, 4) is 0 Å². The Bertz CT molecular complexity index is 604. The van der Waals surface area contributed by atoms with Gasteiger partial charge >= 0.3 is 12.0 Å². The minimum atomic E-state index is -0.746. The summed E-state index contributed by atoms with van der Waals surface area (Å²) in [4.78, 5) is 25.5. The molecule has 1 aliphatic carbocycles. The number of likely N-dealkylation sites (tertiary alicyclic amines) is 1. The normalized spacial score (nSPS) is 29.4. The molecule has 1 aliphatic heterocycles. The van der Waals surface area contributed by atoms with E-state index in [0.29, 0.717) is 37.9 Å². The summed E-state index contributed by atoms with van der Waals surface area (Å²) < 4.78 is 0. The number of amides is 2. The van der Waals surface area contributed by atoms with E-state index in [-0.39, 0.29) is 17.9 Å². The third-order valence-electron chi connectivity index (χ3n) is 5.91. The Kier molecular flexibility index (Phi) is 5.61. The van der Waals surface area contributed by atoms with Gasteiger partial charge < -0.3 is 15.3 Å². The third-order valence-corrected chi connectivity index (χ3v) is 5.91. The number of benzene rings is 1. The molecule has 4 unspecified atom stereocenters. The first kappa shape index (κ1) is 17.8. The molecule has 0 aromatic heterocycles. The van der Waals surface area contributed by atoms with Gasteiger partial charge in [0.15, 0.2) is 0 Å². The molecule has 2 N–H and O–H groups in total. The quantitative estimate of drug-likeness (QED) is 0.880. The fourth-order valence-electron chi connectivity index (χ4n) is 4.45. The van der Waals surface area contributed by atoms with Crippen molar-refractivity contribution >= 4 is 12.0 Å². The van der Waals surface area contributed by atoms with Crippen LogP contribution in [-0.2, 0) is 4.79 Å². The number of nitrogens with one attached hydrogen (secondary N) is 1. The molecular weight excluding hydrogens is 316 g/mol. The van der Waals surface area contributed by atoms with E-state index in [4.69, 9.17) is 0 Å². The molecule has 0 radical (unpaired) electrons. The predicted molar refractivity (Wildman–Crippen MR) is 96.4 cm³/mol. The van der Waals surface area contributed by atoms with E-state index in [9.17, 15) is 14.7 Å². The van der Waals surface area contributed by atoms with Crippen molar-refractivity contribution in [2.24, 2.45) is 17.8 Å². The topological polar surface area (TPSA) is 69.6 Å². The first-order chi connectivity index (χ1) is 12.1. The van der Waals surface area contributed by atoms with Crippen LogP contribution in [0.2, 0.25) is 0 Å². The monoisotopic (exact) mass is 344 g/mol. The molecule has 1 aromatic carbocycles. The van der Waals surface area contributed by atoms with Crippen molar-refractivity contribution in [1.29, 1.82) is 0 Å². The molecule has 1 saturated heterocycles.